The number of hydrogen-bond acceptors (Lipinski definition) is 2. The van der Waals surface area contributed by atoms with E-state index in [1.165, 1.54) is 17.5 Å². The highest BCUT2D eigenvalue weighted by atomic mass is 16.5. The highest BCUT2D eigenvalue weighted by Gasteiger charge is 2.21. The summed E-state index contributed by atoms with van der Waals surface area (Å²) in [5.41, 5.74) is 2.77. The molecule has 0 bridgehead atoms. The summed E-state index contributed by atoms with van der Waals surface area (Å²) in [6.45, 7) is 3.32. The molecule has 1 aliphatic rings. The Bertz CT molecular complexity index is 318. The Balaban J connectivity index is 2.36. The van der Waals surface area contributed by atoms with Crippen LogP contribution in [0.3, 0.4) is 0 Å². The van der Waals surface area contributed by atoms with Crippen molar-refractivity contribution in [1.29, 1.82) is 0 Å². The van der Waals surface area contributed by atoms with E-state index in [9.17, 15) is 0 Å². The largest absolute Gasteiger partial charge is 0.496 e. The number of ether oxygens (including phenoxy) is 1. The van der Waals surface area contributed by atoms with E-state index >= 15 is 0 Å². The molecule has 0 aromatic heterocycles. The third-order valence-electron chi connectivity index (χ3n) is 2.94. The molecule has 14 heavy (non-hydrogen) atoms. The standard InChI is InChI=1S/C12H17NO/c1-3-9-10(11-7-8-13-11)5-4-6-12(9)14-2/h4-6,11,13H,3,7-8H2,1-2H3/t11-/m1/s1. The maximum absolute atomic E-state index is 5.37. The Hall–Kier alpha value is -1.02. The zero-order valence-electron chi connectivity index (χ0n) is 8.84. The molecule has 1 atom stereocenters. The van der Waals surface area contributed by atoms with Crippen molar-refractivity contribution in [2.24, 2.45) is 0 Å². The first-order valence-corrected chi connectivity index (χ1v) is 5.26. The SMILES string of the molecule is CCc1c(OC)cccc1[C@H]1CCN1. The number of nitrogens with one attached hydrogen (secondary N) is 1. The van der Waals surface area contributed by atoms with E-state index in [0.717, 1.165) is 18.7 Å². The van der Waals surface area contributed by atoms with E-state index in [1.54, 1.807) is 7.11 Å². The van der Waals surface area contributed by atoms with Gasteiger partial charge in [0.25, 0.3) is 0 Å². The van der Waals surface area contributed by atoms with Gasteiger partial charge in [0.1, 0.15) is 5.75 Å². The lowest BCUT2D eigenvalue weighted by Gasteiger charge is -2.30. The van der Waals surface area contributed by atoms with Gasteiger partial charge in [-0.15, -0.1) is 0 Å². The smallest absolute Gasteiger partial charge is 0.122 e. The lowest BCUT2D eigenvalue weighted by atomic mass is 9.92. The summed E-state index contributed by atoms with van der Waals surface area (Å²) in [5, 5.41) is 3.43. The van der Waals surface area contributed by atoms with E-state index < -0.39 is 0 Å². The van der Waals surface area contributed by atoms with E-state index in [2.05, 4.69) is 24.4 Å². The van der Waals surface area contributed by atoms with E-state index in [-0.39, 0.29) is 0 Å². The third kappa shape index (κ3) is 1.50. The lowest BCUT2D eigenvalue weighted by molar-refractivity contribution is 0.373. The second kappa shape index (κ2) is 4.01. The minimum atomic E-state index is 0.556. The molecule has 76 valence electrons. The van der Waals surface area contributed by atoms with Gasteiger partial charge in [-0.1, -0.05) is 19.1 Å². The van der Waals surface area contributed by atoms with Crippen molar-refractivity contribution in [1.82, 2.24) is 5.32 Å². The summed E-state index contributed by atoms with van der Waals surface area (Å²) >= 11 is 0. The van der Waals surface area contributed by atoms with Crippen LogP contribution in [0, 0.1) is 0 Å². The zero-order chi connectivity index (χ0) is 9.97. The molecule has 0 radical (unpaired) electrons. The van der Waals surface area contributed by atoms with Crippen LogP contribution in [-0.4, -0.2) is 13.7 Å². The third-order valence-corrected chi connectivity index (χ3v) is 2.94. The summed E-state index contributed by atoms with van der Waals surface area (Å²) in [4.78, 5) is 0. The second-order valence-electron chi connectivity index (χ2n) is 3.68. The number of methoxy groups -OCH3 is 1. The van der Waals surface area contributed by atoms with Crippen molar-refractivity contribution in [3.63, 3.8) is 0 Å². The lowest BCUT2D eigenvalue weighted by Crippen LogP contribution is -2.35. The van der Waals surface area contributed by atoms with Gasteiger partial charge in [-0.05, 0) is 36.6 Å². The fourth-order valence-corrected chi connectivity index (χ4v) is 2.03. The van der Waals surface area contributed by atoms with Crippen LogP contribution in [0.2, 0.25) is 0 Å². The fourth-order valence-electron chi connectivity index (χ4n) is 2.03. The molecule has 0 saturated carbocycles. The van der Waals surface area contributed by atoms with Gasteiger partial charge in [0, 0.05) is 6.04 Å². The Kier molecular flexibility index (Phi) is 2.73. The topological polar surface area (TPSA) is 21.3 Å². The van der Waals surface area contributed by atoms with E-state index in [0.29, 0.717) is 6.04 Å². The Morgan fingerprint density at radius 2 is 2.29 bits per heavy atom. The van der Waals surface area contributed by atoms with Gasteiger partial charge in [0.05, 0.1) is 7.11 Å². The maximum Gasteiger partial charge on any atom is 0.122 e. The minimum Gasteiger partial charge on any atom is -0.496 e. The van der Waals surface area contributed by atoms with Crippen LogP contribution in [0.1, 0.15) is 30.5 Å². The number of benzene rings is 1. The number of rotatable bonds is 3. The van der Waals surface area contributed by atoms with Crippen LogP contribution in [0.15, 0.2) is 18.2 Å². The molecule has 2 nitrogen and oxygen atoms in total. The molecule has 0 aliphatic carbocycles. The molecular formula is C12H17NO. The van der Waals surface area contributed by atoms with E-state index in [4.69, 9.17) is 4.74 Å². The maximum atomic E-state index is 5.37. The summed E-state index contributed by atoms with van der Waals surface area (Å²) in [7, 11) is 1.74. The summed E-state index contributed by atoms with van der Waals surface area (Å²) in [6.07, 6.45) is 2.29. The quantitative estimate of drug-likeness (QED) is 0.791. The molecule has 0 unspecified atom stereocenters. The van der Waals surface area contributed by atoms with Crippen molar-refractivity contribution in [3.8, 4) is 5.75 Å². The predicted molar refractivity (Wildman–Crippen MR) is 57.7 cm³/mol. The second-order valence-corrected chi connectivity index (χ2v) is 3.68. The van der Waals surface area contributed by atoms with Crippen LogP contribution >= 0.6 is 0 Å². The van der Waals surface area contributed by atoms with E-state index in [1.807, 2.05) is 6.07 Å². The summed E-state index contributed by atoms with van der Waals surface area (Å²) < 4.78 is 5.37. The van der Waals surface area contributed by atoms with Crippen molar-refractivity contribution in [2.75, 3.05) is 13.7 Å². The molecule has 1 heterocycles. The molecule has 1 aromatic carbocycles. The van der Waals surface area contributed by atoms with Gasteiger partial charge in [-0.2, -0.15) is 0 Å². The highest BCUT2D eigenvalue weighted by molar-refractivity contribution is 5.42. The molecule has 0 amide bonds. The average Bonchev–Trinajstić information content (AvgIpc) is 2.15. The van der Waals surface area contributed by atoms with Crippen molar-refractivity contribution >= 4 is 0 Å². The highest BCUT2D eigenvalue weighted by Crippen LogP contribution is 2.31. The van der Waals surface area contributed by atoms with Crippen molar-refractivity contribution in [2.45, 2.75) is 25.8 Å². The van der Waals surface area contributed by atoms with Crippen LogP contribution < -0.4 is 10.1 Å². The Morgan fingerprint density at radius 1 is 1.50 bits per heavy atom. The van der Waals surface area contributed by atoms with Gasteiger partial charge in [0.2, 0.25) is 0 Å². The van der Waals surface area contributed by atoms with Gasteiger partial charge < -0.3 is 10.1 Å². The number of hydrogen-bond donors (Lipinski definition) is 1. The van der Waals surface area contributed by atoms with Crippen LogP contribution in [0.5, 0.6) is 5.75 Å². The van der Waals surface area contributed by atoms with Gasteiger partial charge in [-0.25, -0.2) is 0 Å². The fraction of sp³-hybridized carbons (Fsp3) is 0.500. The first kappa shape index (κ1) is 9.53. The monoisotopic (exact) mass is 191 g/mol. The average molecular weight is 191 g/mol. The van der Waals surface area contributed by atoms with Crippen molar-refractivity contribution in [3.05, 3.63) is 29.3 Å². The molecule has 1 saturated heterocycles. The van der Waals surface area contributed by atoms with Gasteiger partial charge >= 0.3 is 0 Å². The van der Waals surface area contributed by atoms with Crippen LogP contribution in [0.4, 0.5) is 0 Å². The molecule has 1 aliphatic heterocycles. The van der Waals surface area contributed by atoms with Crippen LogP contribution in [-0.2, 0) is 6.42 Å². The predicted octanol–water partition coefficient (Wildman–Crippen LogP) is 2.29. The Morgan fingerprint density at radius 3 is 2.79 bits per heavy atom. The molecule has 1 fully saturated rings. The molecule has 2 rings (SSSR count). The summed E-state index contributed by atoms with van der Waals surface area (Å²) in [6, 6.07) is 6.88. The molecule has 2 heteroatoms. The van der Waals surface area contributed by atoms with Gasteiger partial charge in [0.15, 0.2) is 0 Å². The first-order chi connectivity index (χ1) is 6.86. The zero-order valence-corrected chi connectivity index (χ0v) is 8.84. The first-order valence-electron chi connectivity index (χ1n) is 5.26. The normalized spacial score (nSPS) is 20.3. The Labute approximate surface area is 85.3 Å². The molecule has 0 spiro atoms. The molecule has 1 N–H and O–H groups in total. The molecule has 1 aromatic rings. The van der Waals surface area contributed by atoms with Gasteiger partial charge in [-0.3, -0.25) is 0 Å². The van der Waals surface area contributed by atoms with Crippen molar-refractivity contribution < 1.29 is 4.74 Å². The summed E-state index contributed by atoms with van der Waals surface area (Å²) in [5.74, 6) is 1.03. The minimum absolute atomic E-state index is 0.556. The van der Waals surface area contributed by atoms with Crippen LogP contribution in [0.25, 0.3) is 0 Å². The molecular weight excluding hydrogens is 174 g/mol.